The lowest BCUT2D eigenvalue weighted by Gasteiger charge is -2.10. The van der Waals surface area contributed by atoms with Crippen LogP contribution in [0.15, 0.2) is 54.7 Å². The van der Waals surface area contributed by atoms with Crippen molar-refractivity contribution in [2.45, 2.75) is 40.5 Å². The second-order valence-corrected chi connectivity index (χ2v) is 3.39. The molecule has 0 amide bonds. The Morgan fingerprint density at radius 1 is 0.778 bits per heavy atom. The SMILES string of the molecule is CC.CC.CC(c1ccccc1)c1ccccn1. The van der Waals surface area contributed by atoms with Gasteiger partial charge >= 0.3 is 0 Å². The highest BCUT2D eigenvalue weighted by molar-refractivity contribution is 5.27. The zero-order valence-electron chi connectivity index (χ0n) is 12.2. The molecule has 0 N–H and O–H groups in total. The molecule has 1 aromatic carbocycles. The first-order valence-corrected chi connectivity index (χ1v) is 6.84. The van der Waals surface area contributed by atoms with Gasteiger partial charge in [0.25, 0.3) is 0 Å². The van der Waals surface area contributed by atoms with Crippen LogP contribution in [0.4, 0.5) is 0 Å². The lowest BCUT2D eigenvalue weighted by atomic mass is 9.97. The van der Waals surface area contributed by atoms with Crippen molar-refractivity contribution in [1.29, 1.82) is 0 Å². The van der Waals surface area contributed by atoms with Crippen LogP contribution in [0, 0.1) is 0 Å². The minimum Gasteiger partial charge on any atom is -0.261 e. The Labute approximate surface area is 112 Å². The van der Waals surface area contributed by atoms with Gasteiger partial charge in [0.05, 0.1) is 0 Å². The van der Waals surface area contributed by atoms with Crippen LogP contribution in [0.1, 0.15) is 51.8 Å². The number of pyridine rings is 1. The van der Waals surface area contributed by atoms with Crippen LogP contribution in [0.3, 0.4) is 0 Å². The molecule has 0 fully saturated rings. The molecule has 1 nitrogen and oxygen atoms in total. The summed E-state index contributed by atoms with van der Waals surface area (Å²) in [6, 6.07) is 16.5. The van der Waals surface area contributed by atoms with E-state index in [1.165, 1.54) is 5.56 Å². The fourth-order valence-corrected chi connectivity index (χ4v) is 1.54. The first-order chi connectivity index (χ1) is 8.88. The molecule has 1 heterocycles. The van der Waals surface area contributed by atoms with E-state index >= 15 is 0 Å². The van der Waals surface area contributed by atoms with Crippen molar-refractivity contribution in [2.75, 3.05) is 0 Å². The summed E-state index contributed by atoms with van der Waals surface area (Å²) < 4.78 is 0. The number of hydrogen-bond acceptors (Lipinski definition) is 1. The summed E-state index contributed by atoms with van der Waals surface area (Å²) >= 11 is 0. The largest absolute Gasteiger partial charge is 0.261 e. The summed E-state index contributed by atoms with van der Waals surface area (Å²) in [6.07, 6.45) is 1.84. The van der Waals surface area contributed by atoms with Gasteiger partial charge in [0.15, 0.2) is 0 Å². The van der Waals surface area contributed by atoms with Crippen molar-refractivity contribution in [3.63, 3.8) is 0 Å². The Hall–Kier alpha value is -1.63. The van der Waals surface area contributed by atoms with Crippen LogP contribution in [-0.2, 0) is 0 Å². The van der Waals surface area contributed by atoms with Crippen molar-refractivity contribution in [1.82, 2.24) is 4.98 Å². The minimum absolute atomic E-state index is 0.373. The fourth-order valence-electron chi connectivity index (χ4n) is 1.54. The van der Waals surface area contributed by atoms with Gasteiger partial charge in [-0.15, -0.1) is 0 Å². The van der Waals surface area contributed by atoms with Crippen LogP contribution in [0.5, 0.6) is 0 Å². The van der Waals surface area contributed by atoms with Crippen molar-refractivity contribution in [2.24, 2.45) is 0 Å². The molecule has 0 aliphatic rings. The van der Waals surface area contributed by atoms with Gasteiger partial charge in [0, 0.05) is 17.8 Å². The molecule has 2 aromatic rings. The predicted octanol–water partition coefficient (Wildman–Crippen LogP) is 5.29. The van der Waals surface area contributed by atoms with E-state index in [0.717, 1.165) is 5.69 Å². The number of hydrogen-bond donors (Lipinski definition) is 0. The Balaban J connectivity index is 0.000000659. The molecule has 18 heavy (non-hydrogen) atoms. The maximum Gasteiger partial charge on any atom is 0.0475 e. The van der Waals surface area contributed by atoms with E-state index in [9.17, 15) is 0 Å². The summed E-state index contributed by atoms with van der Waals surface area (Å²) in [5.74, 6) is 0.373. The Morgan fingerprint density at radius 2 is 1.33 bits per heavy atom. The quantitative estimate of drug-likeness (QED) is 0.698. The third-order valence-corrected chi connectivity index (χ3v) is 2.43. The Morgan fingerprint density at radius 3 is 1.83 bits per heavy atom. The van der Waals surface area contributed by atoms with Crippen LogP contribution in [0.25, 0.3) is 0 Å². The van der Waals surface area contributed by atoms with Crippen molar-refractivity contribution >= 4 is 0 Å². The predicted molar refractivity (Wildman–Crippen MR) is 80.9 cm³/mol. The van der Waals surface area contributed by atoms with Gasteiger partial charge in [0.2, 0.25) is 0 Å². The van der Waals surface area contributed by atoms with Crippen LogP contribution < -0.4 is 0 Å². The molecular formula is C17H25N. The molecule has 1 unspecified atom stereocenters. The van der Waals surface area contributed by atoms with Gasteiger partial charge in [0.1, 0.15) is 0 Å². The number of aromatic nitrogens is 1. The Bertz CT molecular complexity index is 341. The average molecular weight is 243 g/mol. The third-order valence-electron chi connectivity index (χ3n) is 2.43. The van der Waals surface area contributed by atoms with E-state index in [1.54, 1.807) is 0 Å². The standard InChI is InChI=1S/C13H13N.2C2H6/c1-11(12-7-3-2-4-8-12)13-9-5-6-10-14-13;2*1-2/h2-11H,1H3;2*1-2H3. The molecule has 1 heteroatoms. The fraction of sp³-hybridized carbons (Fsp3) is 0.353. The second-order valence-electron chi connectivity index (χ2n) is 3.39. The highest BCUT2D eigenvalue weighted by atomic mass is 14.7. The first-order valence-electron chi connectivity index (χ1n) is 6.84. The van der Waals surface area contributed by atoms with E-state index < -0.39 is 0 Å². The molecule has 98 valence electrons. The molecule has 0 radical (unpaired) electrons. The van der Waals surface area contributed by atoms with Crippen LogP contribution >= 0.6 is 0 Å². The molecule has 2 rings (SSSR count). The van der Waals surface area contributed by atoms with Crippen molar-refractivity contribution < 1.29 is 0 Å². The van der Waals surface area contributed by atoms with Gasteiger partial charge in [-0.25, -0.2) is 0 Å². The molecule has 0 aliphatic carbocycles. The molecule has 0 aliphatic heterocycles. The normalized spacial score (nSPS) is 10.3. The lowest BCUT2D eigenvalue weighted by Crippen LogP contribution is -1.97. The van der Waals surface area contributed by atoms with Gasteiger partial charge < -0.3 is 0 Å². The topological polar surface area (TPSA) is 12.9 Å². The first kappa shape index (κ1) is 16.4. The molecule has 1 atom stereocenters. The summed E-state index contributed by atoms with van der Waals surface area (Å²) in [5.41, 5.74) is 2.44. The van der Waals surface area contributed by atoms with Crippen molar-refractivity contribution in [3.05, 3.63) is 66.0 Å². The number of benzene rings is 1. The lowest BCUT2D eigenvalue weighted by molar-refractivity contribution is 0.871. The van der Waals surface area contributed by atoms with Gasteiger partial charge in [-0.2, -0.15) is 0 Å². The molecule has 0 bridgehead atoms. The number of rotatable bonds is 2. The minimum atomic E-state index is 0.373. The van der Waals surface area contributed by atoms with E-state index in [1.807, 2.05) is 52.1 Å². The molecule has 0 saturated carbocycles. The molecule has 0 saturated heterocycles. The summed E-state index contributed by atoms with van der Waals surface area (Å²) in [6.45, 7) is 10.2. The highest BCUT2D eigenvalue weighted by Crippen LogP contribution is 2.21. The van der Waals surface area contributed by atoms with E-state index in [0.29, 0.717) is 5.92 Å². The van der Waals surface area contributed by atoms with Gasteiger partial charge in [-0.3, -0.25) is 4.98 Å². The maximum absolute atomic E-state index is 4.36. The molecule has 1 aromatic heterocycles. The average Bonchev–Trinajstić information content (AvgIpc) is 2.52. The van der Waals surface area contributed by atoms with Crippen molar-refractivity contribution in [3.8, 4) is 0 Å². The summed E-state index contributed by atoms with van der Waals surface area (Å²) in [5, 5.41) is 0. The zero-order chi connectivity index (χ0) is 13.8. The van der Waals surface area contributed by atoms with E-state index in [2.05, 4.69) is 42.2 Å². The summed E-state index contributed by atoms with van der Waals surface area (Å²) in [4.78, 5) is 4.36. The molecule has 0 spiro atoms. The monoisotopic (exact) mass is 243 g/mol. The second kappa shape index (κ2) is 10.5. The van der Waals surface area contributed by atoms with E-state index in [-0.39, 0.29) is 0 Å². The Kier molecular flexibility index (Phi) is 9.57. The highest BCUT2D eigenvalue weighted by Gasteiger charge is 2.07. The van der Waals surface area contributed by atoms with Crippen LogP contribution in [-0.4, -0.2) is 4.98 Å². The number of nitrogens with zero attached hydrogens (tertiary/aromatic N) is 1. The zero-order valence-corrected chi connectivity index (χ0v) is 12.2. The smallest absolute Gasteiger partial charge is 0.0475 e. The third kappa shape index (κ3) is 5.13. The van der Waals surface area contributed by atoms with Gasteiger partial charge in [-0.05, 0) is 17.7 Å². The van der Waals surface area contributed by atoms with Crippen LogP contribution in [0.2, 0.25) is 0 Å². The van der Waals surface area contributed by atoms with E-state index in [4.69, 9.17) is 0 Å². The molecular weight excluding hydrogens is 218 g/mol. The summed E-state index contributed by atoms with van der Waals surface area (Å²) in [7, 11) is 0. The van der Waals surface area contributed by atoms with Gasteiger partial charge in [-0.1, -0.05) is 71.0 Å². The maximum atomic E-state index is 4.36.